The Morgan fingerprint density at radius 3 is 2.27 bits per heavy atom. The summed E-state index contributed by atoms with van der Waals surface area (Å²) in [6.45, 7) is 1.48. The minimum Gasteiger partial charge on any atom is -0.396 e. The lowest BCUT2D eigenvalue weighted by atomic mass is 9.93. The highest BCUT2D eigenvalue weighted by Crippen LogP contribution is 2.23. The van der Waals surface area contributed by atoms with Gasteiger partial charge < -0.3 is 9.84 Å². The lowest BCUT2D eigenvalue weighted by molar-refractivity contribution is 0.148. The van der Waals surface area contributed by atoms with Gasteiger partial charge in [-0.2, -0.15) is 0 Å². The molecular weight excluding hydrogens is 272 g/mol. The Morgan fingerprint density at radius 2 is 1.59 bits per heavy atom. The molecule has 0 radical (unpaired) electrons. The van der Waals surface area contributed by atoms with Crippen LogP contribution in [-0.4, -0.2) is 18.3 Å². The van der Waals surface area contributed by atoms with Gasteiger partial charge >= 0.3 is 0 Å². The molecule has 1 unspecified atom stereocenters. The van der Waals surface area contributed by atoms with Crippen molar-refractivity contribution in [3.05, 3.63) is 83.9 Å². The number of aliphatic hydroxyl groups is 1. The van der Waals surface area contributed by atoms with Crippen molar-refractivity contribution in [2.45, 2.75) is 25.4 Å². The zero-order valence-corrected chi connectivity index (χ0v) is 12.9. The maximum Gasteiger partial charge on any atom is 0.0721 e. The molecule has 2 heteroatoms. The molecule has 0 amide bonds. The third kappa shape index (κ3) is 5.84. The monoisotopic (exact) mass is 296 g/mol. The summed E-state index contributed by atoms with van der Waals surface area (Å²) in [4.78, 5) is 0. The molecule has 2 nitrogen and oxygen atoms in total. The van der Waals surface area contributed by atoms with E-state index in [1.807, 2.05) is 36.4 Å². The van der Waals surface area contributed by atoms with Crippen LogP contribution in [-0.2, 0) is 11.3 Å². The number of rotatable bonds is 9. The second-order valence-corrected chi connectivity index (χ2v) is 5.33. The van der Waals surface area contributed by atoms with Crippen LogP contribution in [0.2, 0.25) is 0 Å². The van der Waals surface area contributed by atoms with Gasteiger partial charge in [0.1, 0.15) is 0 Å². The topological polar surface area (TPSA) is 29.5 Å². The normalized spacial score (nSPS) is 12.6. The van der Waals surface area contributed by atoms with Crippen LogP contribution in [0.5, 0.6) is 0 Å². The van der Waals surface area contributed by atoms with E-state index in [0.29, 0.717) is 19.1 Å². The molecule has 116 valence electrons. The first-order chi connectivity index (χ1) is 10.9. The van der Waals surface area contributed by atoms with E-state index in [-0.39, 0.29) is 6.61 Å². The Hall–Kier alpha value is -1.90. The van der Waals surface area contributed by atoms with Crippen molar-refractivity contribution in [1.82, 2.24) is 0 Å². The molecule has 2 rings (SSSR count). The Balaban J connectivity index is 1.73. The summed E-state index contributed by atoms with van der Waals surface area (Å²) < 4.78 is 5.63. The van der Waals surface area contributed by atoms with Gasteiger partial charge in [-0.25, -0.2) is 0 Å². The minimum atomic E-state index is 0.220. The van der Waals surface area contributed by atoms with Gasteiger partial charge in [-0.15, -0.1) is 0 Å². The molecule has 0 spiro atoms. The second-order valence-electron chi connectivity index (χ2n) is 5.33. The predicted octanol–water partition coefficient (Wildman–Crippen LogP) is 4.32. The summed E-state index contributed by atoms with van der Waals surface area (Å²) in [7, 11) is 0. The number of aliphatic hydroxyl groups excluding tert-OH is 1. The molecule has 2 aromatic carbocycles. The van der Waals surface area contributed by atoms with Gasteiger partial charge in [0.2, 0.25) is 0 Å². The molecule has 0 aliphatic rings. The Labute approximate surface area is 133 Å². The number of hydrogen-bond acceptors (Lipinski definition) is 2. The molecular formula is C20H24O2. The highest BCUT2D eigenvalue weighted by atomic mass is 16.5. The molecule has 22 heavy (non-hydrogen) atoms. The largest absolute Gasteiger partial charge is 0.396 e. The van der Waals surface area contributed by atoms with Gasteiger partial charge in [0.15, 0.2) is 0 Å². The Kier molecular flexibility index (Phi) is 7.44. The van der Waals surface area contributed by atoms with E-state index in [1.54, 1.807) is 0 Å². The summed E-state index contributed by atoms with van der Waals surface area (Å²) in [6.07, 6.45) is 5.94. The Morgan fingerprint density at radius 1 is 0.909 bits per heavy atom. The van der Waals surface area contributed by atoms with E-state index in [2.05, 4.69) is 36.4 Å². The van der Waals surface area contributed by atoms with Crippen molar-refractivity contribution >= 4 is 0 Å². The average molecular weight is 296 g/mol. The fraction of sp³-hybridized carbons (Fsp3) is 0.300. The maximum atomic E-state index is 9.22. The van der Waals surface area contributed by atoms with Crippen molar-refractivity contribution in [1.29, 1.82) is 0 Å². The van der Waals surface area contributed by atoms with Crippen LogP contribution in [0.4, 0.5) is 0 Å². The van der Waals surface area contributed by atoms with Crippen molar-refractivity contribution < 1.29 is 9.84 Å². The van der Waals surface area contributed by atoms with Gasteiger partial charge in [0, 0.05) is 6.61 Å². The fourth-order valence-electron chi connectivity index (χ4n) is 2.45. The van der Waals surface area contributed by atoms with Crippen LogP contribution >= 0.6 is 0 Å². The first-order valence-electron chi connectivity index (χ1n) is 7.82. The molecule has 0 heterocycles. The van der Waals surface area contributed by atoms with E-state index in [0.717, 1.165) is 12.8 Å². The Bertz CT molecular complexity index is 534. The predicted molar refractivity (Wildman–Crippen MR) is 90.7 cm³/mol. The minimum absolute atomic E-state index is 0.220. The van der Waals surface area contributed by atoms with Crippen molar-refractivity contribution in [2.75, 3.05) is 13.2 Å². The van der Waals surface area contributed by atoms with Gasteiger partial charge in [0.05, 0.1) is 13.2 Å². The molecule has 2 aromatic rings. The molecule has 0 aliphatic heterocycles. The van der Waals surface area contributed by atoms with Gasteiger partial charge in [0.25, 0.3) is 0 Å². The molecule has 0 saturated carbocycles. The van der Waals surface area contributed by atoms with Crippen LogP contribution in [0.3, 0.4) is 0 Å². The van der Waals surface area contributed by atoms with E-state index >= 15 is 0 Å². The van der Waals surface area contributed by atoms with Crippen molar-refractivity contribution in [3.8, 4) is 0 Å². The SMILES string of the molecule is OCCC(CC=CCOCc1ccccc1)c1ccccc1. The van der Waals surface area contributed by atoms with Crippen LogP contribution in [0.25, 0.3) is 0 Å². The van der Waals surface area contributed by atoms with Crippen LogP contribution < -0.4 is 0 Å². The van der Waals surface area contributed by atoms with Crippen LogP contribution in [0, 0.1) is 0 Å². The van der Waals surface area contributed by atoms with E-state index in [9.17, 15) is 5.11 Å². The van der Waals surface area contributed by atoms with E-state index in [1.165, 1.54) is 11.1 Å². The molecule has 0 saturated heterocycles. The lowest BCUT2D eigenvalue weighted by Gasteiger charge is -2.14. The number of allylic oxidation sites excluding steroid dienone is 1. The first kappa shape index (κ1) is 16.5. The molecule has 0 bridgehead atoms. The molecule has 0 aromatic heterocycles. The summed E-state index contributed by atoms with van der Waals surface area (Å²) in [5.41, 5.74) is 2.48. The van der Waals surface area contributed by atoms with Crippen LogP contribution in [0.1, 0.15) is 29.9 Å². The molecule has 1 atom stereocenters. The molecule has 0 fully saturated rings. The quantitative estimate of drug-likeness (QED) is 0.552. The number of ether oxygens (including phenoxy) is 1. The van der Waals surface area contributed by atoms with Crippen molar-refractivity contribution in [3.63, 3.8) is 0 Å². The van der Waals surface area contributed by atoms with Crippen molar-refractivity contribution in [2.24, 2.45) is 0 Å². The molecule has 0 aliphatic carbocycles. The molecule has 1 N–H and O–H groups in total. The fourth-order valence-corrected chi connectivity index (χ4v) is 2.45. The zero-order chi connectivity index (χ0) is 15.5. The van der Waals surface area contributed by atoms with E-state index < -0.39 is 0 Å². The third-order valence-corrected chi connectivity index (χ3v) is 3.66. The highest BCUT2D eigenvalue weighted by molar-refractivity contribution is 5.20. The third-order valence-electron chi connectivity index (χ3n) is 3.66. The number of hydrogen-bond donors (Lipinski definition) is 1. The van der Waals surface area contributed by atoms with Gasteiger partial charge in [-0.1, -0.05) is 72.8 Å². The van der Waals surface area contributed by atoms with Gasteiger partial charge in [-0.05, 0) is 29.9 Å². The highest BCUT2D eigenvalue weighted by Gasteiger charge is 2.08. The standard InChI is InChI=1S/C20H24O2/c21-15-14-20(19-11-5-2-6-12-19)13-7-8-16-22-17-18-9-3-1-4-10-18/h1-12,20-21H,13-17H2. The number of benzene rings is 2. The summed E-state index contributed by atoms with van der Waals surface area (Å²) in [5, 5.41) is 9.22. The lowest BCUT2D eigenvalue weighted by Crippen LogP contribution is -2.00. The van der Waals surface area contributed by atoms with Gasteiger partial charge in [-0.3, -0.25) is 0 Å². The first-order valence-corrected chi connectivity index (χ1v) is 7.82. The van der Waals surface area contributed by atoms with E-state index in [4.69, 9.17) is 4.74 Å². The second kappa shape index (κ2) is 9.93. The van der Waals surface area contributed by atoms with Crippen LogP contribution in [0.15, 0.2) is 72.8 Å². The zero-order valence-electron chi connectivity index (χ0n) is 12.9. The average Bonchev–Trinajstić information content (AvgIpc) is 2.58. The summed E-state index contributed by atoms with van der Waals surface area (Å²) in [6, 6.07) is 20.6. The maximum absolute atomic E-state index is 9.22. The smallest absolute Gasteiger partial charge is 0.0721 e. The summed E-state index contributed by atoms with van der Waals surface area (Å²) >= 11 is 0. The summed E-state index contributed by atoms with van der Waals surface area (Å²) in [5.74, 6) is 0.372.